The summed E-state index contributed by atoms with van der Waals surface area (Å²) in [5.41, 5.74) is 1.49. The summed E-state index contributed by atoms with van der Waals surface area (Å²) in [5.74, 6) is -0.941. The normalized spacial score (nSPS) is 13.8. The number of fused-ring (bicyclic) bond motifs is 1. The molecule has 2 heterocycles. The molecule has 0 unspecified atom stereocenters. The third-order valence-electron chi connectivity index (χ3n) is 4.97. The molecule has 0 bridgehead atoms. The number of hydrogen-bond donors (Lipinski definition) is 1. The van der Waals surface area contributed by atoms with Crippen LogP contribution in [0.25, 0.3) is 10.2 Å². The molecule has 0 spiro atoms. The Kier molecular flexibility index (Phi) is 6.52. The van der Waals surface area contributed by atoms with Gasteiger partial charge < -0.3 is 14.4 Å². The van der Waals surface area contributed by atoms with E-state index in [1.807, 2.05) is 4.90 Å². The minimum atomic E-state index is -0.509. The number of ether oxygens (including phenoxy) is 2. The van der Waals surface area contributed by atoms with Crippen molar-refractivity contribution in [3.05, 3.63) is 57.6 Å². The van der Waals surface area contributed by atoms with Crippen LogP contribution < -0.4 is 10.2 Å². The Labute approximate surface area is 193 Å². The van der Waals surface area contributed by atoms with Crippen molar-refractivity contribution in [2.45, 2.75) is 20.0 Å². The van der Waals surface area contributed by atoms with Gasteiger partial charge in [0.15, 0.2) is 5.13 Å². The Morgan fingerprint density at radius 1 is 1.18 bits per heavy atom. The van der Waals surface area contributed by atoms with E-state index >= 15 is 0 Å². The van der Waals surface area contributed by atoms with Crippen molar-refractivity contribution >= 4 is 49.9 Å². The smallest absolute Gasteiger partial charge is 0.338 e. The SMILES string of the molecule is CC(C)OC(=O)c1ccc2nc(NC(=O)c3ccc(N4CCOCC4)c([N+](=O)[O-])c3)sc2c1. The van der Waals surface area contributed by atoms with Gasteiger partial charge in [-0.3, -0.25) is 20.2 Å². The summed E-state index contributed by atoms with van der Waals surface area (Å²) in [6.07, 6.45) is -0.233. The number of thiazole rings is 1. The van der Waals surface area contributed by atoms with Gasteiger partial charge in [-0.1, -0.05) is 11.3 Å². The highest BCUT2D eigenvalue weighted by atomic mass is 32.1. The van der Waals surface area contributed by atoms with Gasteiger partial charge in [-0.05, 0) is 44.2 Å². The zero-order valence-corrected chi connectivity index (χ0v) is 18.9. The molecule has 0 saturated carbocycles. The van der Waals surface area contributed by atoms with Crippen molar-refractivity contribution in [2.75, 3.05) is 36.5 Å². The molecule has 1 N–H and O–H groups in total. The van der Waals surface area contributed by atoms with Crippen molar-refractivity contribution in [1.29, 1.82) is 0 Å². The molecular weight excluding hydrogens is 448 g/mol. The van der Waals surface area contributed by atoms with Crippen molar-refractivity contribution < 1.29 is 24.0 Å². The predicted molar refractivity (Wildman–Crippen MR) is 124 cm³/mol. The van der Waals surface area contributed by atoms with E-state index in [2.05, 4.69) is 10.3 Å². The van der Waals surface area contributed by atoms with E-state index in [9.17, 15) is 19.7 Å². The monoisotopic (exact) mass is 470 g/mol. The summed E-state index contributed by atoms with van der Waals surface area (Å²) in [6, 6.07) is 9.37. The van der Waals surface area contributed by atoms with Crippen molar-refractivity contribution in [3.8, 4) is 0 Å². The number of amides is 1. The molecular formula is C22H22N4O6S. The van der Waals surface area contributed by atoms with E-state index in [-0.39, 0.29) is 17.4 Å². The number of nitro benzene ring substituents is 1. The highest BCUT2D eigenvalue weighted by Crippen LogP contribution is 2.31. The van der Waals surface area contributed by atoms with E-state index in [0.717, 1.165) is 0 Å². The quantitative estimate of drug-likeness (QED) is 0.327. The maximum atomic E-state index is 12.8. The van der Waals surface area contributed by atoms with Gasteiger partial charge in [-0.15, -0.1) is 0 Å². The molecule has 11 heteroatoms. The number of nitrogens with zero attached hydrogens (tertiary/aromatic N) is 3. The van der Waals surface area contributed by atoms with Crippen LogP contribution >= 0.6 is 11.3 Å². The minimum absolute atomic E-state index is 0.137. The number of nitrogens with one attached hydrogen (secondary N) is 1. The Morgan fingerprint density at radius 2 is 1.91 bits per heavy atom. The second-order valence-electron chi connectivity index (χ2n) is 7.67. The lowest BCUT2D eigenvalue weighted by Crippen LogP contribution is -2.36. The zero-order chi connectivity index (χ0) is 23.5. The summed E-state index contributed by atoms with van der Waals surface area (Å²) in [7, 11) is 0. The largest absolute Gasteiger partial charge is 0.459 e. The first-order valence-electron chi connectivity index (χ1n) is 10.4. The number of benzene rings is 2. The first-order valence-corrected chi connectivity index (χ1v) is 11.2. The van der Waals surface area contributed by atoms with Gasteiger partial charge in [0.1, 0.15) is 5.69 Å². The van der Waals surface area contributed by atoms with Gasteiger partial charge in [0.05, 0.1) is 40.0 Å². The Morgan fingerprint density at radius 3 is 2.61 bits per heavy atom. The maximum Gasteiger partial charge on any atom is 0.338 e. The molecule has 172 valence electrons. The summed E-state index contributed by atoms with van der Waals surface area (Å²) < 4.78 is 11.2. The molecule has 1 amide bonds. The third-order valence-corrected chi connectivity index (χ3v) is 5.91. The molecule has 33 heavy (non-hydrogen) atoms. The molecule has 1 fully saturated rings. The Hall–Kier alpha value is -3.57. The highest BCUT2D eigenvalue weighted by molar-refractivity contribution is 7.22. The van der Waals surface area contributed by atoms with E-state index in [1.165, 1.54) is 17.4 Å². The molecule has 1 aromatic heterocycles. The fourth-order valence-corrected chi connectivity index (χ4v) is 4.34. The lowest BCUT2D eigenvalue weighted by Gasteiger charge is -2.28. The van der Waals surface area contributed by atoms with Crippen LogP contribution in [-0.4, -0.2) is 54.2 Å². The second kappa shape index (κ2) is 9.51. The molecule has 1 aliphatic rings. The molecule has 2 aromatic carbocycles. The van der Waals surface area contributed by atoms with E-state index in [1.54, 1.807) is 44.2 Å². The standard InChI is InChI=1S/C22H22N4O6S/c1-13(2)32-21(28)15-3-5-16-19(12-15)33-22(23-16)24-20(27)14-4-6-17(18(11-14)26(29)30)25-7-9-31-10-8-25/h3-6,11-13H,7-10H2,1-2H3,(H,23,24,27). The van der Waals surface area contributed by atoms with E-state index in [4.69, 9.17) is 9.47 Å². The summed E-state index contributed by atoms with van der Waals surface area (Å²) in [5, 5.41) is 14.6. The number of carbonyl (C=O) groups is 2. The lowest BCUT2D eigenvalue weighted by molar-refractivity contribution is -0.384. The Balaban J connectivity index is 1.54. The van der Waals surface area contributed by atoms with Gasteiger partial charge >= 0.3 is 5.97 Å². The molecule has 0 aliphatic carbocycles. The number of esters is 1. The topological polar surface area (TPSA) is 124 Å². The summed E-state index contributed by atoms with van der Waals surface area (Å²) in [6.45, 7) is 5.63. The van der Waals surface area contributed by atoms with Crippen molar-refractivity contribution in [3.63, 3.8) is 0 Å². The summed E-state index contributed by atoms with van der Waals surface area (Å²) >= 11 is 1.20. The molecule has 0 radical (unpaired) electrons. The van der Waals surface area contributed by atoms with E-state index in [0.29, 0.717) is 52.9 Å². The number of carbonyl (C=O) groups excluding carboxylic acids is 2. The van der Waals surface area contributed by atoms with Gasteiger partial charge in [0.25, 0.3) is 11.6 Å². The highest BCUT2D eigenvalue weighted by Gasteiger charge is 2.24. The number of morpholine rings is 1. The Bertz CT molecular complexity index is 1220. The third kappa shape index (κ3) is 5.10. The van der Waals surface area contributed by atoms with Gasteiger partial charge in [-0.25, -0.2) is 9.78 Å². The van der Waals surface area contributed by atoms with Crippen LogP contribution in [0.4, 0.5) is 16.5 Å². The maximum absolute atomic E-state index is 12.8. The lowest BCUT2D eigenvalue weighted by atomic mass is 10.1. The van der Waals surface area contributed by atoms with Crippen LogP contribution in [0.3, 0.4) is 0 Å². The average Bonchev–Trinajstić information content (AvgIpc) is 3.20. The average molecular weight is 471 g/mol. The predicted octanol–water partition coefficient (Wildman–Crippen LogP) is 3.86. The van der Waals surface area contributed by atoms with Gasteiger partial charge in [-0.2, -0.15) is 0 Å². The first kappa shape index (κ1) is 22.6. The zero-order valence-electron chi connectivity index (χ0n) is 18.1. The molecule has 10 nitrogen and oxygen atoms in total. The first-order chi connectivity index (χ1) is 15.8. The second-order valence-corrected chi connectivity index (χ2v) is 8.70. The number of hydrogen-bond acceptors (Lipinski definition) is 9. The number of anilines is 2. The molecule has 4 rings (SSSR count). The number of rotatable bonds is 6. The van der Waals surface area contributed by atoms with Crippen LogP contribution in [-0.2, 0) is 9.47 Å². The fraction of sp³-hybridized carbons (Fsp3) is 0.318. The van der Waals surface area contributed by atoms with Crippen LogP contribution in [0.15, 0.2) is 36.4 Å². The van der Waals surface area contributed by atoms with E-state index < -0.39 is 16.8 Å². The van der Waals surface area contributed by atoms with Crippen molar-refractivity contribution in [2.24, 2.45) is 0 Å². The van der Waals surface area contributed by atoms with Gasteiger partial charge in [0, 0.05) is 24.7 Å². The summed E-state index contributed by atoms with van der Waals surface area (Å²) in [4.78, 5) is 42.3. The van der Waals surface area contributed by atoms with Crippen LogP contribution in [0.2, 0.25) is 0 Å². The number of nitro groups is 1. The fourth-order valence-electron chi connectivity index (χ4n) is 3.44. The van der Waals surface area contributed by atoms with Crippen LogP contribution in [0, 0.1) is 10.1 Å². The van der Waals surface area contributed by atoms with Crippen LogP contribution in [0.5, 0.6) is 0 Å². The van der Waals surface area contributed by atoms with Crippen molar-refractivity contribution in [1.82, 2.24) is 4.98 Å². The number of aromatic nitrogens is 1. The molecule has 1 aliphatic heterocycles. The molecule has 3 aromatic rings. The van der Waals surface area contributed by atoms with Gasteiger partial charge in [0.2, 0.25) is 0 Å². The van der Waals surface area contributed by atoms with Crippen LogP contribution in [0.1, 0.15) is 34.6 Å². The minimum Gasteiger partial charge on any atom is -0.459 e. The molecule has 0 atom stereocenters. The molecule has 1 saturated heterocycles.